The van der Waals surface area contributed by atoms with Crippen molar-refractivity contribution in [1.29, 1.82) is 0 Å². The Morgan fingerprint density at radius 1 is 1.10 bits per heavy atom. The second-order valence-electron chi connectivity index (χ2n) is 6.11. The second kappa shape index (κ2) is 8.70. The molecule has 0 aliphatic heterocycles. The zero-order valence-electron chi connectivity index (χ0n) is 14.1. The van der Waals surface area contributed by atoms with E-state index in [2.05, 4.69) is 41.4 Å². The highest BCUT2D eigenvalue weighted by Crippen LogP contribution is 2.31. The first kappa shape index (κ1) is 17.5. The van der Waals surface area contributed by atoms with Crippen molar-refractivity contribution in [2.45, 2.75) is 53.4 Å². The summed E-state index contributed by atoms with van der Waals surface area (Å²) in [5.74, 6) is 2.18. The Morgan fingerprint density at radius 3 is 2.33 bits per heavy atom. The molecule has 2 N–H and O–H groups in total. The molecule has 5 nitrogen and oxygen atoms in total. The van der Waals surface area contributed by atoms with Crippen molar-refractivity contribution in [3.63, 3.8) is 0 Å². The van der Waals surface area contributed by atoms with Gasteiger partial charge in [-0.25, -0.2) is 9.97 Å². The maximum Gasteiger partial charge on any atom is 0.204 e. The SMILES string of the molecule is CCCCCC(C)(C)CNc1ncnc(NCC)c1OC. The maximum atomic E-state index is 5.44. The highest BCUT2D eigenvalue weighted by atomic mass is 16.5. The Bertz CT molecular complexity index is 421. The topological polar surface area (TPSA) is 59.1 Å². The summed E-state index contributed by atoms with van der Waals surface area (Å²) in [5.41, 5.74) is 0.240. The van der Waals surface area contributed by atoms with E-state index in [9.17, 15) is 0 Å². The molecule has 0 spiro atoms. The number of unbranched alkanes of at least 4 members (excludes halogenated alkanes) is 2. The van der Waals surface area contributed by atoms with Gasteiger partial charge in [0.1, 0.15) is 6.33 Å². The van der Waals surface area contributed by atoms with Crippen LogP contribution in [0.1, 0.15) is 53.4 Å². The molecule has 0 aliphatic rings. The van der Waals surface area contributed by atoms with E-state index in [1.165, 1.54) is 25.7 Å². The van der Waals surface area contributed by atoms with E-state index in [0.29, 0.717) is 5.75 Å². The van der Waals surface area contributed by atoms with E-state index < -0.39 is 0 Å². The molecule has 0 atom stereocenters. The first-order valence-corrected chi connectivity index (χ1v) is 7.90. The van der Waals surface area contributed by atoms with Gasteiger partial charge < -0.3 is 15.4 Å². The summed E-state index contributed by atoms with van der Waals surface area (Å²) >= 11 is 0. The number of methoxy groups -OCH3 is 1. The van der Waals surface area contributed by atoms with Crippen LogP contribution in [0.5, 0.6) is 5.75 Å². The van der Waals surface area contributed by atoms with E-state index in [4.69, 9.17) is 4.74 Å². The molecule has 1 aromatic heterocycles. The van der Waals surface area contributed by atoms with E-state index in [1.54, 1.807) is 13.4 Å². The van der Waals surface area contributed by atoms with Gasteiger partial charge in [0.25, 0.3) is 0 Å². The van der Waals surface area contributed by atoms with E-state index in [1.807, 2.05) is 6.92 Å². The van der Waals surface area contributed by atoms with Crippen LogP contribution in [0, 0.1) is 5.41 Å². The monoisotopic (exact) mass is 294 g/mol. The van der Waals surface area contributed by atoms with Crippen LogP contribution in [0.3, 0.4) is 0 Å². The van der Waals surface area contributed by atoms with Gasteiger partial charge in [0.05, 0.1) is 7.11 Å². The van der Waals surface area contributed by atoms with Crippen LogP contribution in [0.4, 0.5) is 11.6 Å². The van der Waals surface area contributed by atoms with Crippen LogP contribution >= 0.6 is 0 Å². The van der Waals surface area contributed by atoms with Gasteiger partial charge in [-0.15, -0.1) is 0 Å². The Balaban J connectivity index is 2.67. The fraction of sp³-hybridized carbons (Fsp3) is 0.750. The normalized spacial score (nSPS) is 11.3. The van der Waals surface area contributed by atoms with Gasteiger partial charge in [0.15, 0.2) is 11.6 Å². The van der Waals surface area contributed by atoms with Crippen LogP contribution in [0.25, 0.3) is 0 Å². The first-order valence-electron chi connectivity index (χ1n) is 7.90. The van der Waals surface area contributed by atoms with Gasteiger partial charge in [-0.05, 0) is 18.8 Å². The third kappa shape index (κ3) is 5.78. The Kier molecular flexibility index (Phi) is 7.26. The number of anilines is 2. The molecule has 1 aromatic rings. The summed E-state index contributed by atoms with van der Waals surface area (Å²) in [7, 11) is 1.65. The van der Waals surface area contributed by atoms with Crippen molar-refractivity contribution in [3.05, 3.63) is 6.33 Å². The highest BCUT2D eigenvalue weighted by molar-refractivity contribution is 5.63. The number of rotatable bonds is 10. The van der Waals surface area contributed by atoms with Gasteiger partial charge in [-0.2, -0.15) is 0 Å². The molecule has 0 radical (unpaired) electrons. The predicted molar refractivity (Wildman–Crippen MR) is 89.2 cm³/mol. The number of ether oxygens (including phenoxy) is 1. The Labute approximate surface area is 128 Å². The standard InChI is InChI=1S/C16H30N4O/c1-6-8-9-10-16(3,4)11-18-15-13(21-5)14(17-7-2)19-12-20-15/h12H,6-11H2,1-5H3,(H2,17,18,19,20). The average Bonchev–Trinajstić information content (AvgIpc) is 2.46. The minimum Gasteiger partial charge on any atom is -0.490 e. The average molecular weight is 294 g/mol. The van der Waals surface area contributed by atoms with E-state index in [-0.39, 0.29) is 5.41 Å². The minimum absolute atomic E-state index is 0.240. The van der Waals surface area contributed by atoms with Crippen molar-refractivity contribution in [1.82, 2.24) is 9.97 Å². The van der Waals surface area contributed by atoms with Crippen molar-refractivity contribution in [3.8, 4) is 5.75 Å². The first-order chi connectivity index (χ1) is 10.0. The number of hydrogen-bond acceptors (Lipinski definition) is 5. The molecule has 120 valence electrons. The molecule has 0 unspecified atom stereocenters. The molecule has 1 heterocycles. The van der Waals surface area contributed by atoms with Crippen LogP contribution in [-0.4, -0.2) is 30.2 Å². The fourth-order valence-corrected chi connectivity index (χ4v) is 2.25. The van der Waals surface area contributed by atoms with Crippen molar-refractivity contribution >= 4 is 11.6 Å². The molecule has 0 fully saturated rings. The third-order valence-corrected chi connectivity index (χ3v) is 3.54. The summed E-state index contributed by atoms with van der Waals surface area (Å²) in [4.78, 5) is 8.52. The van der Waals surface area contributed by atoms with Crippen LogP contribution < -0.4 is 15.4 Å². The number of nitrogens with one attached hydrogen (secondary N) is 2. The van der Waals surface area contributed by atoms with Gasteiger partial charge in [0, 0.05) is 13.1 Å². The lowest BCUT2D eigenvalue weighted by molar-refractivity contribution is 0.341. The summed E-state index contributed by atoms with van der Waals surface area (Å²) < 4.78 is 5.44. The third-order valence-electron chi connectivity index (χ3n) is 3.54. The van der Waals surface area contributed by atoms with Crippen molar-refractivity contribution in [2.24, 2.45) is 5.41 Å². The summed E-state index contributed by atoms with van der Waals surface area (Å²) in [6.07, 6.45) is 6.60. The van der Waals surface area contributed by atoms with Crippen LogP contribution in [0.2, 0.25) is 0 Å². The largest absolute Gasteiger partial charge is 0.490 e. The zero-order chi connectivity index (χ0) is 15.7. The zero-order valence-corrected chi connectivity index (χ0v) is 14.1. The Morgan fingerprint density at radius 2 is 1.76 bits per heavy atom. The lowest BCUT2D eigenvalue weighted by Gasteiger charge is -2.26. The lowest BCUT2D eigenvalue weighted by atomic mass is 9.87. The number of hydrogen-bond donors (Lipinski definition) is 2. The van der Waals surface area contributed by atoms with E-state index >= 15 is 0 Å². The molecule has 0 aliphatic carbocycles. The smallest absolute Gasteiger partial charge is 0.204 e. The summed E-state index contributed by atoms with van der Waals surface area (Å²) in [6, 6.07) is 0. The van der Waals surface area contributed by atoms with Gasteiger partial charge in [-0.3, -0.25) is 0 Å². The summed E-state index contributed by atoms with van der Waals surface area (Å²) in [5, 5.41) is 6.60. The molecule has 0 saturated carbocycles. The molecule has 0 amide bonds. The molecular formula is C16H30N4O. The number of aromatic nitrogens is 2. The predicted octanol–water partition coefficient (Wildman–Crippen LogP) is 3.94. The van der Waals surface area contributed by atoms with Crippen molar-refractivity contribution < 1.29 is 4.74 Å². The number of nitrogens with zero attached hydrogens (tertiary/aromatic N) is 2. The second-order valence-corrected chi connectivity index (χ2v) is 6.11. The van der Waals surface area contributed by atoms with Gasteiger partial charge >= 0.3 is 0 Å². The lowest BCUT2D eigenvalue weighted by Crippen LogP contribution is -2.24. The van der Waals surface area contributed by atoms with E-state index in [0.717, 1.165) is 24.7 Å². The van der Waals surface area contributed by atoms with Gasteiger partial charge in [0.2, 0.25) is 5.75 Å². The molecule has 0 bridgehead atoms. The Hall–Kier alpha value is -1.52. The highest BCUT2D eigenvalue weighted by Gasteiger charge is 2.19. The maximum absolute atomic E-state index is 5.44. The summed E-state index contributed by atoms with van der Waals surface area (Å²) in [6.45, 7) is 10.5. The molecule has 1 rings (SSSR count). The van der Waals surface area contributed by atoms with Gasteiger partial charge in [-0.1, -0.05) is 40.0 Å². The van der Waals surface area contributed by atoms with Crippen molar-refractivity contribution in [2.75, 3.05) is 30.8 Å². The van der Waals surface area contributed by atoms with Crippen LogP contribution in [-0.2, 0) is 0 Å². The quantitative estimate of drug-likeness (QED) is 0.640. The fourth-order valence-electron chi connectivity index (χ4n) is 2.25. The minimum atomic E-state index is 0.240. The molecule has 21 heavy (non-hydrogen) atoms. The molecule has 5 heteroatoms. The molecular weight excluding hydrogens is 264 g/mol. The molecule has 0 aromatic carbocycles. The molecule has 0 saturated heterocycles. The van der Waals surface area contributed by atoms with Crippen LogP contribution in [0.15, 0.2) is 6.33 Å².